The number of hydrogen-bond acceptors (Lipinski definition) is 3. The number of carbonyl (C=O) groups is 2. The van der Waals surface area contributed by atoms with Crippen molar-refractivity contribution >= 4 is 17.6 Å². The van der Waals surface area contributed by atoms with Crippen molar-refractivity contribution < 1.29 is 19.4 Å². The summed E-state index contributed by atoms with van der Waals surface area (Å²) in [6.45, 7) is 2.24. The maximum atomic E-state index is 12.0. The quantitative estimate of drug-likeness (QED) is 0.886. The van der Waals surface area contributed by atoms with Crippen molar-refractivity contribution in [3.63, 3.8) is 0 Å². The first kappa shape index (κ1) is 14.5. The van der Waals surface area contributed by atoms with Crippen LogP contribution in [0.5, 0.6) is 0 Å². The Morgan fingerprint density at radius 1 is 1.40 bits per heavy atom. The lowest BCUT2D eigenvalue weighted by Gasteiger charge is -2.21. The molecule has 1 amide bonds. The van der Waals surface area contributed by atoms with E-state index in [-0.39, 0.29) is 5.91 Å². The van der Waals surface area contributed by atoms with Gasteiger partial charge < -0.3 is 15.2 Å². The van der Waals surface area contributed by atoms with E-state index < -0.39 is 18.0 Å². The highest BCUT2D eigenvalue weighted by atomic mass is 16.5. The van der Waals surface area contributed by atoms with Gasteiger partial charge in [-0.1, -0.05) is 12.1 Å². The molecule has 1 aromatic carbocycles. The number of benzene rings is 1. The second-order valence-electron chi connectivity index (χ2n) is 5.03. The van der Waals surface area contributed by atoms with Crippen molar-refractivity contribution in [1.29, 1.82) is 0 Å². The molecule has 20 heavy (non-hydrogen) atoms. The third-order valence-electron chi connectivity index (χ3n) is 3.50. The number of aliphatic carboxylic acids is 1. The fourth-order valence-electron chi connectivity index (χ4n) is 2.20. The summed E-state index contributed by atoms with van der Waals surface area (Å²) >= 11 is 0. The Labute approximate surface area is 117 Å². The van der Waals surface area contributed by atoms with Gasteiger partial charge in [-0.3, -0.25) is 9.59 Å². The Morgan fingerprint density at radius 3 is 2.85 bits per heavy atom. The van der Waals surface area contributed by atoms with E-state index in [4.69, 9.17) is 9.84 Å². The Kier molecular flexibility index (Phi) is 4.74. The molecule has 2 rings (SSSR count). The zero-order valence-electron chi connectivity index (χ0n) is 11.5. The molecule has 1 fully saturated rings. The minimum absolute atomic E-state index is 0.162. The van der Waals surface area contributed by atoms with Gasteiger partial charge >= 0.3 is 5.97 Å². The normalized spacial score (nSPS) is 20.1. The highest BCUT2D eigenvalue weighted by Gasteiger charge is 2.22. The Balaban J connectivity index is 2.03. The first-order chi connectivity index (χ1) is 9.58. The van der Waals surface area contributed by atoms with Crippen molar-refractivity contribution in [3.8, 4) is 0 Å². The van der Waals surface area contributed by atoms with E-state index in [1.54, 1.807) is 31.2 Å². The average molecular weight is 277 g/mol. The van der Waals surface area contributed by atoms with Crippen molar-refractivity contribution in [1.82, 2.24) is 0 Å². The minimum Gasteiger partial charge on any atom is -0.481 e. The van der Waals surface area contributed by atoms with Crippen LogP contribution in [0.4, 0.5) is 5.69 Å². The van der Waals surface area contributed by atoms with Gasteiger partial charge in [0.2, 0.25) is 0 Å². The molecule has 2 unspecified atom stereocenters. The molecule has 2 atom stereocenters. The van der Waals surface area contributed by atoms with Crippen molar-refractivity contribution in [3.05, 3.63) is 29.8 Å². The van der Waals surface area contributed by atoms with Crippen LogP contribution in [-0.2, 0) is 14.3 Å². The SMILES string of the molecule is CC(C(=O)O)c1cccc(NC(=O)C2CCCCO2)c1. The first-order valence-corrected chi connectivity index (χ1v) is 6.83. The van der Waals surface area contributed by atoms with E-state index in [0.29, 0.717) is 17.9 Å². The highest BCUT2D eigenvalue weighted by molar-refractivity contribution is 5.94. The Bertz CT molecular complexity index is 494. The lowest BCUT2D eigenvalue weighted by atomic mass is 10.0. The molecule has 1 aliphatic rings. The molecular formula is C15H19NO4. The molecule has 5 nitrogen and oxygen atoms in total. The van der Waals surface area contributed by atoms with Crippen LogP contribution in [-0.4, -0.2) is 29.7 Å². The van der Waals surface area contributed by atoms with Crippen LogP contribution in [0.25, 0.3) is 0 Å². The Hall–Kier alpha value is -1.88. The molecule has 0 aromatic heterocycles. The lowest BCUT2D eigenvalue weighted by molar-refractivity contribution is -0.138. The van der Waals surface area contributed by atoms with Crippen LogP contribution < -0.4 is 5.32 Å². The topological polar surface area (TPSA) is 75.6 Å². The third kappa shape index (κ3) is 3.57. The van der Waals surface area contributed by atoms with Crippen molar-refractivity contribution in [2.75, 3.05) is 11.9 Å². The van der Waals surface area contributed by atoms with E-state index in [2.05, 4.69) is 5.32 Å². The van der Waals surface area contributed by atoms with Crippen molar-refractivity contribution in [2.24, 2.45) is 0 Å². The summed E-state index contributed by atoms with van der Waals surface area (Å²) in [5.74, 6) is -1.65. The summed E-state index contributed by atoms with van der Waals surface area (Å²) in [6.07, 6.45) is 2.32. The molecule has 1 aliphatic heterocycles. The second kappa shape index (κ2) is 6.52. The average Bonchev–Trinajstić information content (AvgIpc) is 2.47. The summed E-state index contributed by atoms with van der Waals surface area (Å²) in [5.41, 5.74) is 1.27. The fourth-order valence-corrected chi connectivity index (χ4v) is 2.20. The van der Waals surface area contributed by atoms with Crippen LogP contribution >= 0.6 is 0 Å². The maximum Gasteiger partial charge on any atom is 0.310 e. The van der Waals surface area contributed by atoms with Gasteiger partial charge in [0, 0.05) is 12.3 Å². The minimum atomic E-state index is -0.885. The predicted octanol–water partition coefficient (Wildman–Crippen LogP) is 2.38. The van der Waals surface area contributed by atoms with E-state index in [0.717, 1.165) is 19.3 Å². The molecule has 108 valence electrons. The van der Waals surface area contributed by atoms with E-state index in [9.17, 15) is 9.59 Å². The van der Waals surface area contributed by atoms with Gasteiger partial charge in [0.25, 0.3) is 5.91 Å². The van der Waals surface area contributed by atoms with Gasteiger partial charge in [-0.25, -0.2) is 0 Å². The smallest absolute Gasteiger partial charge is 0.310 e. The zero-order valence-corrected chi connectivity index (χ0v) is 11.5. The molecule has 1 saturated heterocycles. The molecule has 2 N–H and O–H groups in total. The molecule has 0 aliphatic carbocycles. The molecule has 0 bridgehead atoms. The van der Waals surface area contributed by atoms with Gasteiger partial charge in [0.15, 0.2) is 0 Å². The first-order valence-electron chi connectivity index (χ1n) is 6.83. The standard InChI is InChI=1S/C15H19NO4/c1-10(15(18)19)11-5-4-6-12(9-11)16-14(17)13-7-2-3-8-20-13/h4-6,9-10,13H,2-3,7-8H2,1H3,(H,16,17)(H,18,19). The van der Waals surface area contributed by atoms with Crippen LogP contribution in [0.2, 0.25) is 0 Å². The van der Waals surface area contributed by atoms with Crippen LogP contribution in [0.1, 0.15) is 37.7 Å². The highest BCUT2D eigenvalue weighted by Crippen LogP contribution is 2.21. The number of rotatable bonds is 4. The molecule has 0 spiro atoms. The van der Waals surface area contributed by atoms with E-state index in [1.807, 2.05) is 0 Å². The van der Waals surface area contributed by atoms with E-state index >= 15 is 0 Å². The van der Waals surface area contributed by atoms with Crippen molar-refractivity contribution in [2.45, 2.75) is 38.2 Å². The van der Waals surface area contributed by atoms with E-state index in [1.165, 1.54) is 0 Å². The fraction of sp³-hybridized carbons (Fsp3) is 0.467. The third-order valence-corrected chi connectivity index (χ3v) is 3.50. The molecular weight excluding hydrogens is 258 g/mol. The number of anilines is 1. The molecule has 5 heteroatoms. The zero-order chi connectivity index (χ0) is 14.5. The second-order valence-corrected chi connectivity index (χ2v) is 5.03. The monoisotopic (exact) mass is 277 g/mol. The maximum absolute atomic E-state index is 12.0. The lowest BCUT2D eigenvalue weighted by Crippen LogP contribution is -2.33. The molecule has 0 saturated carbocycles. The number of ether oxygens (including phenoxy) is 1. The summed E-state index contributed by atoms with van der Waals surface area (Å²) in [6, 6.07) is 6.93. The molecule has 1 aromatic rings. The van der Waals surface area contributed by atoms with Gasteiger partial charge in [-0.05, 0) is 43.9 Å². The predicted molar refractivity (Wildman–Crippen MR) is 74.7 cm³/mol. The molecule has 1 heterocycles. The summed E-state index contributed by atoms with van der Waals surface area (Å²) in [5, 5.41) is 11.8. The number of carboxylic acid groups (broad SMARTS) is 1. The van der Waals surface area contributed by atoms with Gasteiger partial charge in [0.1, 0.15) is 6.10 Å². The van der Waals surface area contributed by atoms with Crippen LogP contribution in [0.3, 0.4) is 0 Å². The number of hydrogen-bond donors (Lipinski definition) is 2. The number of amides is 1. The largest absolute Gasteiger partial charge is 0.481 e. The van der Waals surface area contributed by atoms with Gasteiger partial charge in [0.05, 0.1) is 5.92 Å². The van der Waals surface area contributed by atoms with Crippen LogP contribution in [0.15, 0.2) is 24.3 Å². The summed E-state index contributed by atoms with van der Waals surface area (Å²) in [4.78, 5) is 23.0. The number of carboxylic acids is 1. The van der Waals surface area contributed by atoms with Gasteiger partial charge in [-0.15, -0.1) is 0 Å². The Morgan fingerprint density at radius 2 is 2.20 bits per heavy atom. The van der Waals surface area contributed by atoms with Crippen LogP contribution in [0, 0.1) is 0 Å². The summed E-state index contributed by atoms with van der Waals surface area (Å²) in [7, 11) is 0. The molecule has 0 radical (unpaired) electrons. The number of carbonyl (C=O) groups excluding carboxylic acids is 1. The van der Waals surface area contributed by atoms with Gasteiger partial charge in [-0.2, -0.15) is 0 Å². The number of nitrogens with one attached hydrogen (secondary N) is 1. The summed E-state index contributed by atoms with van der Waals surface area (Å²) < 4.78 is 5.42.